The molecule has 1 aromatic carbocycles. The molecule has 0 saturated carbocycles. The van der Waals surface area contributed by atoms with Gasteiger partial charge in [0, 0.05) is 67.5 Å². The molecule has 0 radical (unpaired) electrons. The fraction of sp³-hybridized carbons (Fsp3) is 0.611. The lowest BCUT2D eigenvalue weighted by Crippen LogP contribution is -2.46. The lowest BCUT2D eigenvalue weighted by molar-refractivity contribution is 0.256. The number of rotatable bonds is 5. The Morgan fingerprint density at radius 2 is 1.64 bits per heavy atom. The summed E-state index contributed by atoms with van der Waals surface area (Å²) in [7, 11) is 8.14. The molecule has 0 atom stereocenters. The average Bonchev–Trinajstić information content (AvgIpc) is 2.55. The Morgan fingerprint density at radius 1 is 1.04 bits per heavy atom. The van der Waals surface area contributed by atoms with Crippen molar-refractivity contribution >= 4 is 47.2 Å². The SMILES string of the molecule is CN(C)C(=NCCCN1CCN(c2ccccc2Cl)CC1)N(C)C.I. The molecule has 1 aliphatic heterocycles. The summed E-state index contributed by atoms with van der Waals surface area (Å²) in [5.41, 5.74) is 1.16. The van der Waals surface area contributed by atoms with Crippen LogP contribution < -0.4 is 4.90 Å². The molecule has 1 aliphatic rings. The van der Waals surface area contributed by atoms with Crippen LogP contribution in [0.4, 0.5) is 5.69 Å². The minimum absolute atomic E-state index is 0. The molecule has 0 unspecified atom stereocenters. The van der Waals surface area contributed by atoms with Crippen molar-refractivity contribution < 1.29 is 0 Å². The predicted octanol–water partition coefficient (Wildman–Crippen LogP) is 2.95. The lowest BCUT2D eigenvalue weighted by Gasteiger charge is -2.36. The zero-order valence-electron chi connectivity index (χ0n) is 15.8. The number of anilines is 1. The number of hydrogen-bond acceptors (Lipinski definition) is 3. The standard InChI is InChI=1S/C18H30ClN5.HI/c1-21(2)18(22(3)4)20-10-7-11-23-12-14-24(15-13-23)17-9-6-5-8-16(17)19;/h5-6,8-9H,7,10-15H2,1-4H3;1H. The summed E-state index contributed by atoms with van der Waals surface area (Å²) in [5, 5.41) is 0.847. The summed E-state index contributed by atoms with van der Waals surface area (Å²) in [6, 6.07) is 8.11. The van der Waals surface area contributed by atoms with Crippen molar-refractivity contribution in [3.8, 4) is 0 Å². The van der Waals surface area contributed by atoms with Crippen LogP contribution in [0.25, 0.3) is 0 Å². The normalized spacial score (nSPS) is 14.7. The van der Waals surface area contributed by atoms with Crippen molar-refractivity contribution in [1.29, 1.82) is 0 Å². The Bertz CT molecular complexity index is 532. The van der Waals surface area contributed by atoms with Crippen molar-refractivity contribution in [3.05, 3.63) is 29.3 Å². The van der Waals surface area contributed by atoms with Gasteiger partial charge >= 0.3 is 0 Å². The summed E-state index contributed by atoms with van der Waals surface area (Å²) in [6.45, 7) is 6.22. The van der Waals surface area contributed by atoms with Crippen molar-refractivity contribution in [2.75, 3.05) is 72.4 Å². The molecule has 1 heterocycles. The first-order valence-electron chi connectivity index (χ1n) is 8.60. The zero-order valence-corrected chi connectivity index (χ0v) is 18.9. The molecule has 0 aliphatic carbocycles. The molecule has 25 heavy (non-hydrogen) atoms. The molecule has 1 aromatic rings. The van der Waals surface area contributed by atoms with Gasteiger partial charge in [0.25, 0.3) is 0 Å². The molecule has 142 valence electrons. The van der Waals surface area contributed by atoms with Crippen LogP contribution in [0.5, 0.6) is 0 Å². The molecular formula is C18H31ClIN5. The van der Waals surface area contributed by atoms with E-state index in [1.165, 1.54) is 0 Å². The molecule has 1 saturated heterocycles. The monoisotopic (exact) mass is 479 g/mol. The number of guanidine groups is 1. The Morgan fingerprint density at radius 3 is 2.20 bits per heavy atom. The number of hydrogen-bond donors (Lipinski definition) is 0. The molecule has 2 rings (SSSR count). The summed E-state index contributed by atoms with van der Waals surface area (Å²) >= 11 is 6.30. The third-order valence-electron chi connectivity index (χ3n) is 4.25. The van der Waals surface area contributed by atoms with Crippen LogP contribution in [0.2, 0.25) is 5.02 Å². The minimum atomic E-state index is 0. The van der Waals surface area contributed by atoms with E-state index in [9.17, 15) is 0 Å². The smallest absolute Gasteiger partial charge is 0.195 e. The quantitative estimate of drug-likeness (QED) is 0.281. The summed E-state index contributed by atoms with van der Waals surface area (Å²) in [6.07, 6.45) is 1.09. The third-order valence-corrected chi connectivity index (χ3v) is 4.57. The number of aliphatic imine (C=N–C) groups is 1. The van der Waals surface area contributed by atoms with Crippen LogP contribution in [0.1, 0.15) is 6.42 Å². The van der Waals surface area contributed by atoms with E-state index < -0.39 is 0 Å². The van der Waals surface area contributed by atoms with E-state index >= 15 is 0 Å². The first-order chi connectivity index (χ1) is 11.5. The fourth-order valence-corrected chi connectivity index (χ4v) is 3.33. The van der Waals surface area contributed by atoms with Crippen LogP contribution in [-0.4, -0.2) is 88.1 Å². The van der Waals surface area contributed by atoms with Gasteiger partial charge in [0.1, 0.15) is 0 Å². The van der Waals surface area contributed by atoms with Crippen molar-refractivity contribution in [3.63, 3.8) is 0 Å². The second-order valence-corrected chi connectivity index (χ2v) is 7.01. The summed E-state index contributed by atoms with van der Waals surface area (Å²) in [5.74, 6) is 1.03. The lowest BCUT2D eigenvalue weighted by atomic mass is 10.2. The topological polar surface area (TPSA) is 25.3 Å². The summed E-state index contributed by atoms with van der Waals surface area (Å²) < 4.78 is 0. The van der Waals surface area contributed by atoms with Gasteiger partial charge in [-0.2, -0.15) is 0 Å². The molecule has 0 spiro atoms. The van der Waals surface area contributed by atoms with E-state index in [1.54, 1.807) is 0 Å². The predicted molar refractivity (Wildman–Crippen MR) is 120 cm³/mol. The molecule has 0 aromatic heterocycles. The first kappa shape index (κ1) is 22.3. The van der Waals surface area contributed by atoms with Crippen molar-refractivity contribution in [2.45, 2.75) is 6.42 Å². The molecule has 5 nitrogen and oxygen atoms in total. The highest BCUT2D eigenvalue weighted by molar-refractivity contribution is 14.0. The second-order valence-electron chi connectivity index (χ2n) is 6.60. The fourth-order valence-electron chi connectivity index (χ4n) is 3.08. The van der Waals surface area contributed by atoms with E-state index in [0.717, 1.165) is 62.4 Å². The van der Waals surface area contributed by atoms with Crippen LogP contribution in [0.15, 0.2) is 29.3 Å². The van der Waals surface area contributed by atoms with Gasteiger partial charge < -0.3 is 14.7 Å². The molecule has 7 heteroatoms. The van der Waals surface area contributed by atoms with Crippen LogP contribution >= 0.6 is 35.6 Å². The van der Waals surface area contributed by atoms with Gasteiger partial charge in [-0.25, -0.2) is 0 Å². The van der Waals surface area contributed by atoms with Gasteiger partial charge in [-0.15, -0.1) is 24.0 Å². The second kappa shape index (κ2) is 11.1. The van der Waals surface area contributed by atoms with Gasteiger partial charge in [-0.05, 0) is 18.6 Å². The van der Waals surface area contributed by atoms with E-state index in [2.05, 4.69) is 31.7 Å². The van der Waals surface area contributed by atoms with Crippen LogP contribution in [0.3, 0.4) is 0 Å². The number of piperazine rings is 1. The number of nitrogens with zero attached hydrogens (tertiary/aromatic N) is 5. The number of benzene rings is 1. The van der Waals surface area contributed by atoms with Crippen LogP contribution in [0, 0.1) is 0 Å². The van der Waals surface area contributed by atoms with E-state index in [1.807, 2.05) is 40.3 Å². The van der Waals surface area contributed by atoms with Crippen molar-refractivity contribution in [1.82, 2.24) is 14.7 Å². The van der Waals surface area contributed by atoms with Crippen molar-refractivity contribution in [2.24, 2.45) is 4.99 Å². The molecule has 0 N–H and O–H groups in total. The maximum Gasteiger partial charge on any atom is 0.195 e. The maximum atomic E-state index is 6.30. The minimum Gasteiger partial charge on any atom is -0.368 e. The molecule has 1 fully saturated rings. The van der Waals surface area contributed by atoms with E-state index in [4.69, 9.17) is 16.6 Å². The highest BCUT2D eigenvalue weighted by Crippen LogP contribution is 2.25. The Hall–Kier alpha value is -0.730. The Kier molecular flexibility index (Phi) is 9.89. The Balaban J connectivity index is 0.00000312. The molecular weight excluding hydrogens is 449 g/mol. The molecule has 0 amide bonds. The van der Waals surface area contributed by atoms with Gasteiger partial charge in [0.2, 0.25) is 0 Å². The average molecular weight is 480 g/mol. The number of para-hydroxylation sites is 1. The van der Waals surface area contributed by atoms with Gasteiger partial charge in [0.05, 0.1) is 10.7 Å². The third kappa shape index (κ3) is 6.83. The van der Waals surface area contributed by atoms with Gasteiger partial charge in [0.15, 0.2) is 5.96 Å². The first-order valence-corrected chi connectivity index (χ1v) is 8.97. The van der Waals surface area contributed by atoms with Gasteiger partial charge in [-0.1, -0.05) is 23.7 Å². The van der Waals surface area contributed by atoms with E-state index in [0.29, 0.717) is 0 Å². The maximum absolute atomic E-state index is 6.30. The van der Waals surface area contributed by atoms with Crippen LogP contribution in [-0.2, 0) is 0 Å². The van der Waals surface area contributed by atoms with E-state index in [-0.39, 0.29) is 24.0 Å². The Labute approximate surface area is 174 Å². The largest absolute Gasteiger partial charge is 0.368 e. The highest BCUT2D eigenvalue weighted by Gasteiger charge is 2.18. The number of halogens is 2. The van der Waals surface area contributed by atoms with Gasteiger partial charge in [-0.3, -0.25) is 9.89 Å². The summed E-state index contributed by atoms with van der Waals surface area (Å²) in [4.78, 5) is 13.7. The zero-order chi connectivity index (χ0) is 17.5. The highest BCUT2D eigenvalue weighted by atomic mass is 127. The molecule has 0 bridgehead atoms.